The lowest BCUT2D eigenvalue weighted by molar-refractivity contribution is 0.104. The maximum atomic E-state index is 13.9. The van der Waals surface area contributed by atoms with E-state index in [4.69, 9.17) is 0 Å². The molecule has 0 saturated heterocycles. The van der Waals surface area contributed by atoms with Crippen molar-refractivity contribution in [2.45, 2.75) is 0 Å². The van der Waals surface area contributed by atoms with Gasteiger partial charge in [-0.2, -0.15) is 0 Å². The van der Waals surface area contributed by atoms with Crippen LogP contribution >= 0.6 is 31.9 Å². The van der Waals surface area contributed by atoms with Crippen LogP contribution in [0.2, 0.25) is 0 Å². The molecule has 0 N–H and O–H groups in total. The molecule has 0 bridgehead atoms. The number of carbonyl (C=O) groups excluding carboxylic acids is 1. The number of hydrogen-bond donors (Lipinski definition) is 0. The Labute approximate surface area is 114 Å². The van der Waals surface area contributed by atoms with Crippen LogP contribution in [-0.2, 0) is 0 Å². The maximum absolute atomic E-state index is 13.9. The topological polar surface area (TPSA) is 17.1 Å². The third-order valence-corrected chi connectivity index (χ3v) is 3.75. The summed E-state index contributed by atoms with van der Waals surface area (Å²) in [4.78, 5) is 12.1. The number of benzene rings is 2. The second kappa shape index (κ2) is 3.75. The predicted octanol–water partition coefficient (Wildman–Crippen LogP) is 4.56. The minimum absolute atomic E-state index is 0.128. The summed E-state index contributed by atoms with van der Waals surface area (Å²) in [5.74, 6) is -0.500. The van der Waals surface area contributed by atoms with Gasteiger partial charge in [-0.15, -0.1) is 0 Å². The Hall–Kier alpha value is -1.00. The van der Waals surface area contributed by atoms with Gasteiger partial charge in [-0.3, -0.25) is 4.79 Å². The quantitative estimate of drug-likeness (QED) is 0.577. The van der Waals surface area contributed by atoms with Gasteiger partial charge in [-0.05, 0) is 29.8 Å². The summed E-state index contributed by atoms with van der Waals surface area (Å²) in [5.41, 5.74) is 2.04. The van der Waals surface area contributed by atoms with Crippen LogP contribution in [0.3, 0.4) is 0 Å². The number of ketones is 1. The first-order valence-electron chi connectivity index (χ1n) is 4.91. The molecule has 2 aromatic carbocycles. The van der Waals surface area contributed by atoms with Crippen molar-refractivity contribution in [1.82, 2.24) is 0 Å². The maximum Gasteiger partial charge on any atom is 0.194 e. The molecule has 1 nitrogen and oxygen atoms in total. The molecular formula is C13H5Br2FO. The van der Waals surface area contributed by atoms with E-state index in [-0.39, 0.29) is 11.6 Å². The fraction of sp³-hybridized carbons (Fsp3) is 0. The van der Waals surface area contributed by atoms with Gasteiger partial charge in [0, 0.05) is 25.6 Å². The minimum Gasteiger partial charge on any atom is -0.289 e. The summed E-state index contributed by atoms with van der Waals surface area (Å²) in [6.45, 7) is 0. The molecule has 0 aromatic heterocycles. The van der Waals surface area contributed by atoms with Crippen molar-refractivity contribution in [2.24, 2.45) is 0 Å². The van der Waals surface area contributed by atoms with Gasteiger partial charge in [-0.25, -0.2) is 4.39 Å². The molecule has 4 heteroatoms. The molecule has 0 saturated carbocycles. The fourth-order valence-corrected chi connectivity index (χ4v) is 2.88. The molecule has 0 radical (unpaired) electrons. The van der Waals surface area contributed by atoms with Gasteiger partial charge in [0.25, 0.3) is 0 Å². The minimum atomic E-state index is -0.371. The number of halogens is 3. The van der Waals surface area contributed by atoms with E-state index in [9.17, 15) is 9.18 Å². The predicted molar refractivity (Wildman–Crippen MR) is 70.7 cm³/mol. The van der Waals surface area contributed by atoms with E-state index in [0.29, 0.717) is 26.7 Å². The van der Waals surface area contributed by atoms with Gasteiger partial charge in [0.1, 0.15) is 5.82 Å². The van der Waals surface area contributed by atoms with Crippen LogP contribution in [0.5, 0.6) is 0 Å². The molecule has 0 unspecified atom stereocenters. The van der Waals surface area contributed by atoms with Crippen LogP contribution in [0.4, 0.5) is 4.39 Å². The first-order chi connectivity index (χ1) is 8.08. The normalized spacial score (nSPS) is 12.5. The van der Waals surface area contributed by atoms with Crippen LogP contribution in [0.1, 0.15) is 15.9 Å². The van der Waals surface area contributed by atoms with Crippen LogP contribution in [-0.4, -0.2) is 5.78 Å². The average molecular weight is 356 g/mol. The molecule has 1 aliphatic rings. The zero-order valence-corrected chi connectivity index (χ0v) is 11.6. The molecule has 84 valence electrons. The van der Waals surface area contributed by atoms with Gasteiger partial charge < -0.3 is 0 Å². The van der Waals surface area contributed by atoms with Crippen LogP contribution < -0.4 is 0 Å². The van der Waals surface area contributed by atoms with Gasteiger partial charge in [-0.1, -0.05) is 37.9 Å². The van der Waals surface area contributed by atoms with Crippen molar-refractivity contribution in [3.05, 3.63) is 56.2 Å². The number of fused-ring (bicyclic) bond motifs is 3. The Kier molecular flexibility index (Phi) is 2.45. The Morgan fingerprint density at radius 2 is 1.59 bits per heavy atom. The first kappa shape index (κ1) is 11.1. The third-order valence-electron chi connectivity index (χ3n) is 2.80. The molecule has 1 aliphatic carbocycles. The molecular weight excluding hydrogens is 351 g/mol. The SMILES string of the molecule is O=C1c2cc(Br)ccc2-c2c(F)cc(Br)cc21. The van der Waals surface area contributed by atoms with E-state index in [2.05, 4.69) is 31.9 Å². The lowest BCUT2D eigenvalue weighted by Crippen LogP contribution is -1.95. The zero-order valence-electron chi connectivity index (χ0n) is 8.43. The Morgan fingerprint density at radius 1 is 0.882 bits per heavy atom. The monoisotopic (exact) mass is 354 g/mol. The highest BCUT2D eigenvalue weighted by Crippen LogP contribution is 2.40. The van der Waals surface area contributed by atoms with E-state index >= 15 is 0 Å². The van der Waals surface area contributed by atoms with Crippen LogP contribution in [0, 0.1) is 5.82 Å². The van der Waals surface area contributed by atoms with Gasteiger partial charge >= 0.3 is 0 Å². The molecule has 0 spiro atoms. The molecule has 0 amide bonds. The van der Waals surface area contributed by atoms with E-state index in [1.807, 2.05) is 6.07 Å². The molecule has 0 heterocycles. The number of hydrogen-bond acceptors (Lipinski definition) is 1. The Balaban J connectivity index is 2.39. The van der Waals surface area contributed by atoms with Crippen molar-refractivity contribution >= 4 is 37.6 Å². The first-order valence-corrected chi connectivity index (χ1v) is 6.50. The van der Waals surface area contributed by atoms with E-state index in [1.165, 1.54) is 6.07 Å². The van der Waals surface area contributed by atoms with Gasteiger partial charge in [0.15, 0.2) is 5.78 Å². The summed E-state index contributed by atoms with van der Waals surface area (Å²) in [6.07, 6.45) is 0. The van der Waals surface area contributed by atoms with Gasteiger partial charge in [0.2, 0.25) is 0 Å². The second-order valence-electron chi connectivity index (χ2n) is 3.83. The highest BCUT2D eigenvalue weighted by Gasteiger charge is 2.29. The van der Waals surface area contributed by atoms with Gasteiger partial charge in [0.05, 0.1) is 0 Å². The highest BCUT2D eigenvalue weighted by atomic mass is 79.9. The standard InChI is InChI=1S/C13H5Br2FO/c14-6-1-2-8-9(3-6)13(17)10-4-7(15)5-11(16)12(8)10/h1-5H. The Bertz CT molecular complexity index is 665. The summed E-state index contributed by atoms with van der Waals surface area (Å²) >= 11 is 6.52. The summed E-state index contributed by atoms with van der Waals surface area (Å²) < 4.78 is 15.3. The van der Waals surface area contributed by atoms with Crippen molar-refractivity contribution in [2.75, 3.05) is 0 Å². The number of carbonyl (C=O) groups is 1. The fourth-order valence-electron chi connectivity index (χ4n) is 2.09. The molecule has 0 fully saturated rings. The summed E-state index contributed by atoms with van der Waals surface area (Å²) in [5, 5.41) is 0. The lowest BCUT2D eigenvalue weighted by Gasteiger charge is -2.02. The molecule has 0 aliphatic heterocycles. The lowest BCUT2D eigenvalue weighted by atomic mass is 10.1. The third kappa shape index (κ3) is 1.58. The Morgan fingerprint density at radius 3 is 2.35 bits per heavy atom. The van der Waals surface area contributed by atoms with E-state index in [0.717, 1.165) is 4.47 Å². The molecule has 3 rings (SSSR count). The van der Waals surface area contributed by atoms with Crippen molar-refractivity contribution < 1.29 is 9.18 Å². The smallest absolute Gasteiger partial charge is 0.194 e. The van der Waals surface area contributed by atoms with Crippen molar-refractivity contribution in [1.29, 1.82) is 0 Å². The molecule has 17 heavy (non-hydrogen) atoms. The second-order valence-corrected chi connectivity index (χ2v) is 5.66. The molecule has 2 aromatic rings. The largest absolute Gasteiger partial charge is 0.289 e. The van der Waals surface area contributed by atoms with E-state index < -0.39 is 0 Å². The van der Waals surface area contributed by atoms with E-state index in [1.54, 1.807) is 18.2 Å². The average Bonchev–Trinajstić information content (AvgIpc) is 2.53. The highest BCUT2D eigenvalue weighted by molar-refractivity contribution is 9.10. The molecule has 0 atom stereocenters. The van der Waals surface area contributed by atoms with Crippen LogP contribution in [0.15, 0.2) is 39.3 Å². The van der Waals surface area contributed by atoms with Crippen molar-refractivity contribution in [3.8, 4) is 11.1 Å². The summed E-state index contributed by atoms with van der Waals surface area (Å²) in [6, 6.07) is 8.34. The van der Waals surface area contributed by atoms with Crippen LogP contribution in [0.25, 0.3) is 11.1 Å². The zero-order chi connectivity index (χ0) is 12.2. The number of rotatable bonds is 0. The van der Waals surface area contributed by atoms with Crippen molar-refractivity contribution in [3.63, 3.8) is 0 Å². The summed E-state index contributed by atoms with van der Waals surface area (Å²) in [7, 11) is 0.